The Morgan fingerprint density at radius 2 is 1.95 bits per heavy atom. The van der Waals surface area contributed by atoms with Crippen LogP contribution in [-0.4, -0.2) is 42.3 Å². The van der Waals surface area contributed by atoms with Gasteiger partial charge in [0.2, 0.25) is 0 Å². The summed E-state index contributed by atoms with van der Waals surface area (Å²) in [5.74, 6) is -0.180. The second-order valence-corrected chi connectivity index (χ2v) is 5.89. The average Bonchev–Trinajstić information content (AvgIpc) is 2.50. The van der Waals surface area contributed by atoms with Gasteiger partial charge in [-0.05, 0) is 56.5 Å². The highest BCUT2D eigenvalue weighted by atomic mass is 19.1. The van der Waals surface area contributed by atoms with Crippen molar-refractivity contribution in [2.45, 2.75) is 44.8 Å². The van der Waals surface area contributed by atoms with Crippen LogP contribution in [0.4, 0.5) is 4.39 Å². The summed E-state index contributed by atoms with van der Waals surface area (Å²) in [6.45, 7) is 6.22. The van der Waals surface area contributed by atoms with E-state index in [-0.39, 0.29) is 11.9 Å². The molecule has 1 fully saturated rings. The van der Waals surface area contributed by atoms with Crippen LogP contribution < -0.4 is 5.32 Å². The molecule has 0 radical (unpaired) electrons. The zero-order valence-electron chi connectivity index (χ0n) is 12.9. The zero-order valence-corrected chi connectivity index (χ0v) is 12.9. The summed E-state index contributed by atoms with van der Waals surface area (Å²) in [6.07, 6.45) is 3.82. The van der Waals surface area contributed by atoms with Gasteiger partial charge in [-0.15, -0.1) is 0 Å². The molecular weight excluding hydrogens is 267 g/mol. The van der Waals surface area contributed by atoms with E-state index in [2.05, 4.69) is 17.1 Å². The highest BCUT2D eigenvalue weighted by Gasteiger charge is 2.16. The van der Waals surface area contributed by atoms with Gasteiger partial charge in [0.15, 0.2) is 0 Å². The number of hydrogen-bond donors (Lipinski definition) is 2. The highest BCUT2D eigenvalue weighted by Crippen LogP contribution is 2.17. The van der Waals surface area contributed by atoms with Crippen LogP contribution in [0.25, 0.3) is 0 Å². The van der Waals surface area contributed by atoms with E-state index < -0.39 is 0 Å². The van der Waals surface area contributed by atoms with Gasteiger partial charge in [0, 0.05) is 19.1 Å². The van der Waals surface area contributed by atoms with Crippen LogP contribution >= 0.6 is 0 Å². The third-order valence-corrected chi connectivity index (χ3v) is 4.28. The first-order valence-corrected chi connectivity index (χ1v) is 8.08. The number of aliphatic hydroxyl groups excluding tert-OH is 1. The molecule has 0 saturated carbocycles. The van der Waals surface area contributed by atoms with Crippen molar-refractivity contribution >= 4 is 0 Å². The molecule has 2 N–H and O–H groups in total. The normalized spacial score (nSPS) is 18.8. The van der Waals surface area contributed by atoms with Gasteiger partial charge in [0.1, 0.15) is 5.82 Å². The van der Waals surface area contributed by atoms with Crippen molar-refractivity contribution in [2.24, 2.45) is 0 Å². The Bertz CT molecular complexity index is 402. The van der Waals surface area contributed by atoms with Crippen molar-refractivity contribution in [3.63, 3.8) is 0 Å². The molecule has 4 heteroatoms. The molecule has 1 unspecified atom stereocenters. The van der Waals surface area contributed by atoms with Gasteiger partial charge in [0.05, 0.1) is 6.10 Å². The summed E-state index contributed by atoms with van der Waals surface area (Å²) in [5.41, 5.74) is 1.15. The van der Waals surface area contributed by atoms with Crippen molar-refractivity contribution in [2.75, 3.05) is 26.2 Å². The number of nitrogens with one attached hydrogen (secondary N) is 1. The second kappa shape index (κ2) is 8.47. The molecule has 3 nitrogen and oxygen atoms in total. The molecule has 0 aromatic heterocycles. The van der Waals surface area contributed by atoms with E-state index in [0.717, 1.165) is 57.4 Å². The number of likely N-dealkylation sites (tertiary alicyclic amines) is 1. The van der Waals surface area contributed by atoms with Crippen LogP contribution in [0.1, 0.15) is 44.2 Å². The van der Waals surface area contributed by atoms with E-state index in [1.54, 1.807) is 0 Å². The standard InChI is InChI=1S/C17H27FN2O/c1-2-17(14-4-6-15(18)7-5-14)19-10-3-11-20-12-8-16(21)9-13-20/h4-7,16-17,19,21H,2-3,8-13H2,1H3. The fourth-order valence-electron chi connectivity index (χ4n) is 2.91. The summed E-state index contributed by atoms with van der Waals surface area (Å²) >= 11 is 0. The van der Waals surface area contributed by atoms with Gasteiger partial charge >= 0.3 is 0 Å². The van der Waals surface area contributed by atoms with E-state index in [9.17, 15) is 9.50 Å². The Hall–Kier alpha value is -0.970. The first kappa shape index (κ1) is 16.4. The number of benzene rings is 1. The first-order valence-electron chi connectivity index (χ1n) is 8.08. The minimum absolute atomic E-state index is 0.0951. The van der Waals surface area contributed by atoms with Gasteiger partial charge in [-0.1, -0.05) is 19.1 Å². The van der Waals surface area contributed by atoms with Crippen LogP contribution in [0.5, 0.6) is 0 Å². The minimum atomic E-state index is -0.180. The lowest BCUT2D eigenvalue weighted by Crippen LogP contribution is -2.37. The van der Waals surface area contributed by atoms with Crippen molar-refractivity contribution in [1.82, 2.24) is 10.2 Å². The Morgan fingerprint density at radius 1 is 1.29 bits per heavy atom. The van der Waals surface area contributed by atoms with E-state index >= 15 is 0 Å². The summed E-state index contributed by atoms with van der Waals surface area (Å²) in [7, 11) is 0. The minimum Gasteiger partial charge on any atom is -0.393 e. The Labute approximate surface area is 127 Å². The van der Waals surface area contributed by atoms with Gasteiger partial charge in [-0.3, -0.25) is 0 Å². The molecule has 1 atom stereocenters. The lowest BCUT2D eigenvalue weighted by atomic mass is 10.0. The monoisotopic (exact) mass is 294 g/mol. The van der Waals surface area contributed by atoms with E-state index in [0.29, 0.717) is 6.04 Å². The van der Waals surface area contributed by atoms with Gasteiger partial charge in [0.25, 0.3) is 0 Å². The molecule has 0 aliphatic carbocycles. The van der Waals surface area contributed by atoms with Crippen LogP contribution in [0.3, 0.4) is 0 Å². The third-order valence-electron chi connectivity index (χ3n) is 4.28. The lowest BCUT2D eigenvalue weighted by molar-refractivity contribution is 0.0820. The van der Waals surface area contributed by atoms with Crippen LogP contribution in [0.15, 0.2) is 24.3 Å². The maximum absolute atomic E-state index is 13.0. The topological polar surface area (TPSA) is 35.5 Å². The Kier molecular flexibility index (Phi) is 6.61. The molecule has 1 heterocycles. The van der Waals surface area contributed by atoms with E-state index in [1.807, 2.05) is 12.1 Å². The average molecular weight is 294 g/mol. The number of rotatable bonds is 7. The molecule has 1 aliphatic rings. The molecule has 1 aliphatic heterocycles. The molecule has 1 aromatic rings. The fourth-order valence-corrected chi connectivity index (χ4v) is 2.91. The first-order chi connectivity index (χ1) is 10.2. The number of aliphatic hydroxyl groups is 1. The number of hydrogen-bond acceptors (Lipinski definition) is 3. The smallest absolute Gasteiger partial charge is 0.123 e. The molecule has 0 spiro atoms. The maximum atomic E-state index is 13.0. The summed E-state index contributed by atoms with van der Waals surface area (Å²) in [6, 6.07) is 7.08. The largest absolute Gasteiger partial charge is 0.393 e. The summed E-state index contributed by atoms with van der Waals surface area (Å²) in [4.78, 5) is 2.42. The molecule has 1 aromatic carbocycles. The van der Waals surface area contributed by atoms with Crippen molar-refractivity contribution in [3.8, 4) is 0 Å². The predicted molar refractivity (Wildman–Crippen MR) is 83.7 cm³/mol. The third kappa shape index (κ3) is 5.38. The SMILES string of the molecule is CCC(NCCCN1CCC(O)CC1)c1ccc(F)cc1. The molecular formula is C17H27FN2O. The van der Waals surface area contributed by atoms with E-state index in [1.165, 1.54) is 12.1 Å². The molecule has 0 amide bonds. The molecule has 0 bridgehead atoms. The molecule has 2 rings (SSSR count). The van der Waals surface area contributed by atoms with Gasteiger partial charge in [-0.25, -0.2) is 4.39 Å². The highest BCUT2D eigenvalue weighted by molar-refractivity contribution is 5.19. The van der Waals surface area contributed by atoms with Crippen molar-refractivity contribution in [3.05, 3.63) is 35.6 Å². The predicted octanol–water partition coefficient (Wildman–Crippen LogP) is 2.71. The van der Waals surface area contributed by atoms with Gasteiger partial charge in [-0.2, -0.15) is 0 Å². The van der Waals surface area contributed by atoms with Crippen molar-refractivity contribution in [1.29, 1.82) is 0 Å². The van der Waals surface area contributed by atoms with Gasteiger partial charge < -0.3 is 15.3 Å². The second-order valence-electron chi connectivity index (χ2n) is 5.89. The molecule has 21 heavy (non-hydrogen) atoms. The molecule has 1 saturated heterocycles. The Balaban J connectivity index is 1.67. The number of piperidine rings is 1. The van der Waals surface area contributed by atoms with Crippen LogP contribution in [0, 0.1) is 5.82 Å². The van der Waals surface area contributed by atoms with E-state index in [4.69, 9.17) is 0 Å². The Morgan fingerprint density at radius 3 is 2.57 bits per heavy atom. The van der Waals surface area contributed by atoms with Crippen molar-refractivity contribution < 1.29 is 9.50 Å². The summed E-state index contributed by atoms with van der Waals surface area (Å²) < 4.78 is 13.0. The summed E-state index contributed by atoms with van der Waals surface area (Å²) in [5, 5.41) is 13.0. The molecule has 118 valence electrons. The lowest BCUT2D eigenvalue weighted by Gasteiger charge is -2.29. The maximum Gasteiger partial charge on any atom is 0.123 e. The number of nitrogens with zero attached hydrogens (tertiary/aromatic N) is 1. The quantitative estimate of drug-likeness (QED) is 0.759. The zero-order chi connectivity index (χ0) is 15.1. The van der Waals surface area contributed by atoms with Crippen LogP contribution in [-0.2, 0) is 0 Å². The van der Waals surface area contributed by atoms with Crippen LogP contribution in [0.2, 0.25) is 0 Å². The number of halogens is 1. The fraction of sp³-hybridized carbons (Fsp3) is 0.647.